The molecule has 3 rings (SSSR count). The molecule has 0 atom stereocenters. The van der Waals surface area contributed by atoms with Crippen molar-refractivity contribution in [3.05, 3.63) is 60.4 Å². The minimum Gasteiger partial charge on any atom is -0.396 e. The third-order valence-corrected chi connectivity index (χ3v) is 4.06. The van der Waals surface area contributed by atoms with Crippen LogP contribution in [-0.2, 0) is 6.42 Å². The third kappa shape index (κ3) is 4.67. The van der Waals surface area contributed by atoms with Crippen LogP contribution in [0.5, 0.6) is 0 Å². The summed E-state index contributed by atoms with van der Waals surface area (Å²) >= 11 is 0. The van der Waals surface area contributed by atoms with Crippen molar-refractivity contribution in [1.82, 2.24) is 20.2 Å². The van der Waals surface area contributed by atoms with Gasteiger partial charge < -0.3 is 5.11 Å². The van der Waals surface area contributed by atoms with Gasteiger partial charge in [-0.1, -0.05) is 25.0 Å². The zero-order valence-corrected chi connectivity index (χ0v) is 14.2. The van der Waals surface area contributed by atoms with E-state index in [0.29, 0.717) is 0 Å². The van der Waals surface area contributed by atoms with E-state index in [4.69, 9.17) is 5.11 Å². The quantitative estimate of drug-likeness (QED) is 0.636. The Morgan fingerprint density at radius 3 is 2.12 bits per heavy atom. The topological polar surface area (TPSA) is 71.8 Å². The highest BCUT2D eigenvalue weighted by atomic mass is 16.2. The molecule has 0 unspecified atom stereocenters. The van der Waals surface area contributed by atoms with Crippen LogP contribution >= 0.6 is 0 Å². The number of aliphatic hydroxyl groups excluding tert-OH is 1. The van der Waals surface area contributed by atoms with Gasteiger partial charge in [0.2, 0.25) is 0 Å². The predicted octanol–water partition coefficient (Wildman–Crippen LogP) is 3.70. The van der Waals surface area contributed by atoms with Crippen LogP contribution in [0.25, 0.3) is 22.8 Å². The Bertz CT molecular complexity index is 778. The fraction of sp³-hybridized carbons (Fsp3) is 0.300. The summed E-state index contributed by atoms with van der Waals surface area (Å²) in [5, 5.41) is 17.7. The number of aromatic nitrogens is 4. The van der Waals surface area contributed by atoms with E-state index >= 15 is 0 Å². The maximum atomic E-state index is 8.90. The Labute approximate surface area is 147 Å². The van der Waals surface area contributed by atoms with Crippen molar-refractivity contribution in [3.63, 3.8) is 0 Å². The number of nitrogens with zero attached hydrogens (tertiary/aromatic N) is 4. The Hall–Kier alpha value is -2.66. The van der Waals surface area contributed by atoms with Crippen molar-refractivity contribution in [2.45, 2.75) is 32.1 Å². The number of hydrogen-bond acceptors (Lipinski definition) is 5. The molecule has 0 aliphatic rings. The molecule has 1 N–H and O–H groups in total. The molecule has 0 saturated heterocycles. The number of hydrogen-bond donors (Lipinski definition) is 1. The van der Waals surface area contributed by atoms with Crippen molar-refractivity contribution in [3.8, 4) is 22.8 Å². The summed E-state index contributed by atoms with van der Waals surface area (Å²) in [6.45, 7) is 0.264. The van der Waals surface area contributed by atoms with Gasteiger partial charge in [0.05, 0.1) is 11.4 Å². The van der Waals surface area contributed by atoms with Gasteiger partial charge in [-0.3, -0.25) is 9.97 Å². The van der Waals surface area contributed by atoms with E-state index in [-0.39, 0.29) is 6.61 Å². The molecule has 0 aliphatic heterocycles. The lowest BCUT2D eigenvalue weighted by Crippen LogP contribution is -2.00. The molecule has 3 heterocycles. The average Bonchev–Trinajstić information content (AvgIpc) is 2.69. The summed E-state index contributed by atoms with van der Waals surface area (Å²) in [5.74, 6) is 0. The van der Waals surface area contributed by atoms with Crippen LogP contribution in [0.3, 0.4) is 0 Å². The van der Waals surface area contributed by atoms with Gasteiger partial charge in [-0.05, 0) is 55.2 Å². The Morgan fingerprint density at radius 2 is 1.44 bits per heavy atom. The molecular weight excluding hydrogens is 312 g/mol. The first-order valence-electron chi connectivity index (χ1n) is 8.69. The van der Waals surface area contributed by atoms with Crippen LogP contribution in [0.2, 0.25) is 0 Å². The van der Waals surface area contributed by atoms with Gasteiger partial charge in [-0.25, -0.2) is 0 Å². The van der Waals surface area contributed by atoms with Gasteiger partial charge >= 0.3 is 0 Å². The van der Waals surface area contributed by atoms with Crippen molar-refractivity contribution in [2.75, 3.05) is 6.61 Å². The average molecular weight is 334 g/mol. The Kier molecular flexibility index (Phi) is 6.17. The van der Waals surface area contributed by atoms with Gasteiger partial charge in [0, 0.05) is 19.0 Å². The minimum atomic E-state index is 0.264. The van der Waals surface area contributed by atoms with E-state index in [2.05, 4.69) is 26.2 Å². The highest BCUT2D eigenvalue weighted by molar-refractivity contribution is 5.63. The number of pyridine rings is 2. The molecule has 3 aromatic rings. The van der Waals surface area contributed by atoms with Crippen LogP contribution in [-0.4, -0.2) is 31.9 Å². The lowest BCUT2D eigenvalue weighted by molar-refractivity contribution is 0.282. The molecule has 0 aliphatic carbocycles. The normalized spacial score (nSPS) is 10.8. The summed E-state index contributed by atoms with van der Waals surface area (Å²) in [6.07, 6.45) is 8.48. The lowest BCUT2D eigenvalue weighted by Gasteiger charge is -2.09. The molecule has 5 nitrogen and oxygen atoms in total. The third-order valence-electron chi connectivity index (χ3n) is 4.06. The van der Waals surface area contributed by atoms with Gasteiger partial charge in [0.1, 0.15) is 11.4 Å². The lowest BCUT2D eigenvalue weighted by atomic mass is 10.0. The zero-order chi connectivity index (χ0) is 17.3. The van der Waals surface area contributed by atoms with Crippen LogP contribution in [0.4, 0.5) is 0 Å². The maximum absolute atomic E-state index is 8.90. The molecule has 0 spiro atoms. The first-order valence-corrected chi connectivity index (χ1v) is 8.69. The fourth-order valence-electron chi connectivity index (χ4n) is 2.76. The van der Waals surface area contributed by atoms with Crippen LogP contribution in [0, 0.1) is 0 Å². The molecule has 128 valence electrons. The molecule has 0 saturated carbocycles. The van der Waals surface area contributed by atoms with Crippen LogP contribution in [0.1, 0.15) is 31.2 Å². The van der Waals surface area contributed by atoms with Crippen molar-refractivity contribution in [1.29, 1.82) is 0 Å². The van der Waals surface area contributed by atoms with E-state index in [0.717, 1.165) is 60.4 Å². The minimum absolute atomic E-state index is 0.264. The number of unbranched alkanes of at least 4 members (excludes halogenated alkanes) is 3. The first-order chi connectivity index (χ1) is 12.4. The molecule has 5 heteroatoms. The van der Waals surface area contributed by atoms with Crippen molar-refractivity contribution < 1.29 is 5.11 Å². The Morgan fingerprint density at radius 1 is 0.720 bits per heavy atom. The summed E-state index contributed by atoms with van der Waals surface area (Å²) in [7, 11) is 0. The molecule has 0 aromatic carbocycles. The maximum Gasteiger partial charge on any atom is 0.115 e. The second-order valence-electron chi connectivity index (χ2n) is 5.92. The smallest absolute Gasteiger partial charge is 0.115 e. The molecule has 25 heavy (non-hydrogen) atoms. The Balaban J connectivity index is 1.86. The fourth-order valence-corrected chi connectivity index (χ4v) is 2.76. The van der Waals surface area contributed by atoms with Gasteiger partial charge in [0.15, 0.2) is 0 Å². The van der Waals surface area contributed by atoms with Crippen molar-refractivity contribution in [2.24, 2.45) is 0 Å². The monoisotopic (exact) mass is 334 g/mol. The number of aryl methyl sites for hydroxylation is 1. The highest BCUT2D eigenvalue weighted by Gasteiger charge is 2.12. The van der Waals surface area contributed by atoms with Crippen LogP contribution < -0.4 is 0 Å². The van der Waals surface area contributed by atoms with E-state index in [9.17, 15) is 0 Å². The highest BCUT2D eigenvalue weighted by Crippen LogP contribution is 2.24. The second kappa shape index (κ2) is 8.99. The standard InChI is InChI=1S/C20H22N4O/c25-14-8-2-1-3-9-16-15-19(17-10-4-6-12-21-17)23-24-20(16)18-11-5-7-13-22-18/h4-7,10-13,15,25H,1-3,8-9,14H2. The SMILES string of the molecule is OCCCCCCc1cc(-c2ccccn2)nnc1-c1ccccn1. The van der Waals surface area contributed by atoms with E-state index < -0.39 is 0 Å². The summed E-state index contributed by atoms with van der Waals surface area (Å²) in [5.41, 5.74) is 4.42. The summed E-state index contributed by atoms with van der Waals surface area (Å²) in [6, 6.07) is 13.7. The predicted molar refractivity (Wildman–Crippen MR) is 97.8 cm³/mol. The van der Waals surface area contributed by atoms with Crippen molar-refractivity contribution >= 4 is 0 Å². The second-order valence-corrected chi connectivity index (χ2v) is 5.92. The molecule has 0 amide bonds. The van der Waals surface area contributed by atoms with Gasteiger partial charge in [0.25, 0.3) is 0 Å². The number of rotatable bonds is 8. The molecule has 0 radical (unpaired) electrons. The molecule has 0 bridgehead atoms. The number of aliphatic hydroxyl groups is 1. The van der Waals surface area contributed by atoms with E-state index in [1.165, 1.54) is 0 Å². The summed E-state index contributed by atoms with van der Waals surface area (Å²) < 4.78 is 0. The van der Waals surface area contributed by atoms with Gasteiger partial charge in [-0.2, -0.15) is 0 Å². The molecular formula is C20H22N4O. The van der Waals surface area contributed by atoms with Crippen LogP contribution in [0.15, 0.2) is 54.9 Å². The molecule has 3 aromatic heterocycles. The zero-order valence-electron chi connectivity index (χ0n) is 14.2. The van der Waals surface area contributed by atoms with E-state index in [1.807, 2.05) is 36.4 Å². The van der Waals surface area contributed by atoms with Gasteiger partial charge in [-0.15, -0.1) is 10.2 Å². The van der Waals surface area contributed by atoms with E-state index in [1.54, 1.807) is 12.4 Å². The summed E-state index contributed by atoms with van der Waals surface area (Å²) in [4.78, 5) is 8.79. The largest absolute Gasteiger partial charge is 0.396 e. The molecule has 0 fully saturated rings. The first kappa shape index (κ1) is 17.2.